The Balaban J connectivity index is 2.07. The number of hydrogen-bond donors (Lipinski definition) is 2. The van der Waals surface area contributed by atoms with Crippen LogP contribution in [0.3, 0.4) is 0 Å². The van der Waals surface area contributed by atoms with Crippen molar-refractivity contribution in [2.45, 2.75) is 46.2 Å². The highest BCUT2D eigenvalue weighted by atomic mass is 16.5. The van der Waals surface area contributed by atoms with Crippen molar-refractivity contribution in [1.82, 2.24) is 19.9 Å². The van der Waals surface area contributed by atoms with E-state index in [1.165, 1.54) is 18.9 Å². The number of unbranched alkanes of at least 4 members (excludes halogenated alkanes) is 1. The highest BCUT2D eigenvalue weighted by Gasteiger charge is 2.10. The minimum Gasteiger partial charge on any atom is -0.329 e. The Morgan fingerprint density at radius 1 is 1.40 bits per heavy atom. The largest absolute Gasteiger partial charge is 0.329 e. The van der Waals surface area contributed by atoms with Crippen molar-refractivity contribution in [3.05, 3.63) is 36.2 Å². The molecule has 0 atom stereocenters. The van der Waals surface area contributed by atoms with Gasteiger partial charge in [0.05, 0.1) is 17.4 Å². The molecule has 1 aromatic heterocycles. The number of carbonyl (C=O) groups excluding carboxylic acids is 1. The lowest BCUT2D eigenvalue weighted by atomic mass is 10.2. The van der Waals surface area contributed by atoms with Gasteiger partial charge in [-0.1, -0.05) is 19.4 Å². The van der Waals surface area contributed by atoms with Gasteiger partial charge in [-0.15, -0.1) is 0 Å². The summed E-state index contributed by atoms with van der Waals surface area (Å²) in [5, 5.41) is 8.51. The summed E-state index contributed by atoms with van der Waals surface area (Å²) in [6, 6.07) is 6.43. The van der Waals surface area contributed by atoms with E-state index in [4.69, 9.17) is 5.21 Å². The number of benzene rings is 1. The van der Waals surface area contributed by atoms with Crippen LogP contribution >= 0.6 is 0 Å². The highest BCUT2D eigenvalue weighted by molar-refractivity contribution is 5.91. The minimum atomic E-state index is -0.550. The van der Waals surface area contributed by atoms with Crippen molar-refractivity contribution in [2.75, 3.05) is 13.1 Å². The second kappa shape index (κ2) is 9.34. The van der Waals surface area contributed by atoms with Crippen LogP contribution in [0.2, 0.25) is 0 Å². The van der Waals surface area contributed by atoms with Gasteiger partial charge in [-0.05, 0) is 50.6 Å². The van der Waals surface area contributed by atoms with Crippen molar-refractivity contribution in [2.24, 2.45) is 0 Å². The number of hydroxylamine groups is 1. The maximum absolute atomic E-state index is 11.1. The smallest absolute Gasteiger partial charge is 0.267 e. The van der Waals surface area contributed by atoms with Crippen molar-refractivity contribution in [3.63, 3.8) is 0 Å². The summed E-state index contributed by atoms with van der Waals surface area (Å²) in [6.45, 7) is 9.73. The Morgan fingerprint density at radius 3 is 2.88 bits per heavy atom. The first-order chi connectivity index (χ1) is 12.0. The Labute approximate surface area is 149 Å². The lowest BCUT2D eigenvalue weighted by Crippen LogP contribution is -2.34. The number of hydrogen-bond acceptors (Lipinski definition) is 4. The van der Waals surface area contributed by atoms with E-state index in [9.17, 15) is 4.79 Å². The number of nitrogens with one attached hydrogen (secondary N) is 1. The Kier molecular flexibility index (Phi) is 7.16. The molecule has 0 spiro atoms. The summed E-state index contributed by atoms with van der Waals surface area (Å²) in [5.41, 5.74) is 4.43. The van der Waals surface area contributed by atoms with E-state index in [0.29, 0.717) is 6.04 Å². The second-order valence-corrected chi connectivity index (χ2v) is 6.48. The summed E-state index contributed by atoms with van der Waals surface area (Å²) >= 11 is 0. The summed E-state index contributed by atoms with van der Waals surface area (Å²) in [5.74, 6) is -0.550. The molecule has 0 bridgehead atoms. The van der Waals surface area contributed by atoms with Gasteiger partial charge in [-0.2, -0.15) is 0 Å². The van der Waals surface area contributed by atoms with Gasteiger partial charge in [0.25, 0.3) is 5.91 Å². The maximum Gasteiger partial charge on any atom is 0.267 e. The third-order valence-corrected chi connectivity index (χ3v) is 4.34. The first-order valence-corrected chi connectivity index (χ1v) is 8.86. The molecule has 0 aliphatic rings. The topological polar surface area (TPSA) is 70.4 Å². The molecular weight excluding hydrogens is 316 g/mol. The summed E-state index contributed by atoms with van der Waals surface area (Å²) < 4.78 is 2.17. The minimum absolute atomic E-state index is 0.538. The van der Waals surface area contributed by atoms with Gasteiger partial charge in [0, 0.05) is 25.2 Å². The molecule has 6 heteroatoms. The van der Waals surface area contributed by atoms with Crippen molar-refractivity contribution in [3.8, 4) is 0 Å². The predicted molar refractivity (Wildman–Crippen MR) is 100 cm³/mol. The van der Waals surface area contributed by atoms with Crippen LogP contribution in [-0.2, 0) is 11.3 Å². The van der Waals surface area contributed by atoms with E-state index >= 15 is 0 Å². The average Bonchev–Trinajstić information content (AvgIpc) is 3.01. The Bertz CT molecular complexity index is 721. The van der Waals surface area contributed by atoms with Crippen LogP contribution in [0.25, 0.3) is 17.1 Å². The van der Waals surface area contributed by atoms with Gasteiger partial charge < -0.3 is 4.57 Å². The van der Waals surface area contributed by atoms with Gasteiger partial charge in [0.2, 0.25) is 0 Å². The molecule has 2 aromatic rings. The predicted octanol–water partition coefficient (Wildman–Crippen LogP) is 3.07. The van der Waals surface area contributed by atoms with E-state index in [1.54, 1.807) is 11.6 Å². The van der Waals surface area contributed by atoms with Gasteiger partial charge in [0.1, 0.15) is 0 Å². The molecule has 2 N–H and O–H groups in total. The molecule has 0 radical (unpaired) electrons. The normalized spacial score (nSPS) is 11.9. The first-order valence-electron chi connectivity index (χ1n) is 8.86. The molecule has 136 valence electrons. The number of amides is 1. The van der Waals surface area contributed by atoms with E-state index in [2.05, 4.69) is 35.2 Å². The number of imidazole rings is 1. The van der Waals surface area contributed by atoms with Gasteiger partial charge in [-0.3, -0.25) is 14.9 Å². The Morgan fingerprint density at radius 2 is 2.20 bits per heavy atom. The summed E-state index contributed by atoms with van der Waals surface area (Å²) in [6.07, 6.45) is 7.24. The van der Waals surface area contributed by atoms with E-state index < -0.39 is 5.91 Å². The maximum atomic E-state index is 11.1. The number of nitrogens with zero attached hydrogens (tertiary/aromatic N) is 3. The number of aromatic nitrogens is 2. The molecule has 1 aromatic carbocycles. The van der Waals surface area contributed by atoms with E-state index in [-0.39, 0.29) is 0 Å². The fraction of sp³-hybridized carbons (Fsp3) is 0.474. The van der Waals surface area contributed by atoms with E-state index in [1.807, 2.05) is 24.5 Å². The van der Waals surface area contributed by atoms with Crippen molar-refractivity contribution >= 4 is 23.0 Å². The molecule has 25 heavy (non-hydrogen) atoms. The second-order valence-electron chi connectivity index (χ2n) is 6.48. The van der Waals surface area contributed by atoms with Crippen molar-refractivity contribution < 1.29 is 10.0 Å². The zero-order chi connectivity index (χ0) is 18.2. The lowest BCUT2D eigenvalue weighted by molar-refractivity contribution is -0.124. The lowest BCUT2D eigenvalue weighted by Gasteiger charge is -2.26. The van der Waals surface area contributed by atoms with Crippen LogP contribution < -0.4 is 5.48 Å². The van der Waals surface area contributed by atoms with Crippen LogP contribution in [-0.4, -0.2) is 44.7 Å². The molecular formula is C19H28N4O2. The fourth-order valence-corrected chi connectivity index (χ4v) is 2.80. The van der Waals surface area contributed by atoms with Crippen LogP contribution in [0.15, 0.2) is 30.6 Å². The molecule has 0 saturated carbocycles. The standard InChI is InChI=1S/C19H28N4O2/c1-4-5-10-22(15(2)3)11-12-23-14-20-17-13-16(6-8-18(17)23)7-9-19(24)21-25/h6-9,13-15,25H,4-5,10-12H2,1-3H3,(H,21,24). The highest BCUT2D eigenvalue weighted by Crippen LogP contribution is 2.16. The molecule has 0 aliphatic heterocycles. The summed E-state index contributed by atoms with van der Waals surface area (Å²) in [4.78, 5) is 18.0. The zero-order valence-corrected chi connectivity index (χ0v) is 15.3. The molecule has 1 amide bonds. The number of carbonyl (C=O) groups is 1. The van der Waals surface area contributed by atoms with Gasteiger partial charge >= 0.3 is 0 Å². The quantitative estimate of drug-likeness (QED) is 0.417. The van der Waals surface area contributed by atoms with Crippen LogP contribution in [0, 0.1) is 0 Å². The third kappa shape index (κ3) is 5.41. The fourth-order valence-electron chi connectivity index (χ4n) is 2.80. The number of fused-ring (bicyclic) bond motifs is 1. The third-order valence-electron chi connectivity index (χ3n) is 4.34. The van der Waals surface area contributed by atoms with Gasteiger partial charge in [-0.25, -0.2) is 10.5 Å². The molecule has 0 fully saturated rings. The molecule has 1 heterocycles. The van der Waals surface area contributed by atoms with Crippen molar-refractivity contribution in [1.29, 1.82) is 0 Å². The molecule has 6 nitrogen and oxygen atoms in total. The van der Waals surface area contributed by atoms with Crippen LogP contribution in [0.4, 0.5) is 0 Å². The first kappa shape index (κ1) is 19.1. The zero-order valence-electron chi connectivity index (χ0n) is 15.3. The molecule has 0 aliphatic carbocycles. The number of rotatable bonds is 9. The SMILES string of the molecule is CCCCN(CCn1cnc2cc(C=CC(=O)NO)ccc21)C(C)C. The average molecular weight is 344 g/mol. The van der Waals surface area contributed by atoms with Crippen LogP contribution in [0.1, 0.15) is 39.2 Å². The van der Waals surface area contributed by atoms with E-state index in [0.717, 1.165) is 36.2 Å². The Hall–Kier alpha value is -2.18. The van der Waals surface area contributed by atoms with Gasteiger partial charge in [0.15, 0.2) is 0 Å². The molecule has 0 unspecified atom stereocenters. The monoisotopic (exact) mass is 344 g/mol. The summed E-state index contributed by atoms with van der Waals surface area (Å²) in [7, 11) is 0. The molecule has 2 rings (SSSR count). The molecule has 0 saturated heterocycles. The van der Waals surface area contributed by atoms with Crippen LogP contribution in [0.5, 0.6) is 0 Å².